The van der Waals surface area contributed by atoms with Crippen molar-refractivity contribution in [2.75, 3.05) is 32.8 Å². The number of carbonyl (C=O) groups is 3. The maximum atomic E-state index is 12.9. The first-order chi connectivity index (χ1) is 13.9. The number of amides is 2. The lowest BCUT2D eigenvalue weighted by atomic mass is 10.1. The Morgan fingerprint density at radius 2 is 1.55 bits per heavy atom. The van der Waals surface area contributed by atoms with Gasteiger partial charge in [-0.2, -0.15) is 0 Å². The van der Waals surface area contributed by atoms with Crippen LogP contribution in [0.3, 0.4) is 0 Å². The molecular weight excluding hydrogens is 372 g/mol. The minimum atomic E-state index is -0.362. The number of nitrogens with zero attached hydrogens (tertiary/aromatic N) is 4. The van der Waals surface area contributed by atoms with Crippen molar-refractivity contribution in [2.24, 2.45) is 0 Å². The maximum absolute atomic E-state index is 12.9. The fraction of sp³-hybridized carbons (Fsp3) is 0.476. The quantitative estimate of drug-likeness (QED) is 0.714. The number of piperazine rings is 1. The number of hydrogen-bond acceptors (Lipinski definition) is 6. The van der Waals surface area contributed by atoms with Crippen LogP contribution in [-0.2, 0) is 14.3 Å². The third kappa shape index (κ3) is 4.88. The lowest BCUT2D eigenvalue weighted by molar-refractivity contribution is -0.146. The molecule has 2 aromatic rings. The average Bonchev–Trinajstić information content (AvgIpc) is 2.72. The van der Waals surface area contributed by atoms with E-state index >= 15 is 0 Å². The van der Waals surface area contributed by atoms with Gasteiger partial charge in [-0.25, -0.2) is 9.97 Å². The van der Waals surface area contributed by atoms with Gasteiger partial charge in [-0.15, -0.1) is 0 Å². The Morgan fingerprint density at radius 3 is 2.21 bits per heavy atom. The van der Waals surface area contributed by atoms with Crippen LogP contribution in [-0.4, -0.2) is 70.3 Å². The van der Waals surface area contributed by atoms with Crippen molar-refractivity contribution in [3.05, 3.63) is 35.2 Å². The van der Waals surface area contributed by atoms with Crippen molar-refractivity contribution < 1.29 is 19.1 Å². The van der Waals surface area contributed by atoms with Crippen molar-refractivity contribution >= 4 is 28.8 Å². The number of hydrogen-bond donors (Lipinski definition) is 0. The molecule has 0 radical (unpaired) electrons. The molecule has 0 spiro atoms. The van der Waals surface area contributed by atoms with E-state index in [1.165, 1.54) is 0 Å². The van der Waals surface area contributed by atoms with Gasteiger partial charge in [0.25, 0.3) is 5.91 Å². The van der Waals surface area contributed by atoms with Crippen LogP contribution in [0.2, 0.25) is 0 Å². The zero-order valence-electron chi connectivity index (χ0n) is 17.1. The predicted molar refractivity (Wildman–Crippen MR) is 107 cm³/mol. The van der Waals surface area contributed by atoms with E-state index in [1.54, 1.807) is 28.9 Å². The first kappa shape index (κ1) is 20.7. The van der Waals surface area contributed by atoms with Crippen molar-refractivity contribution in [2.45, 2.75) is 33.6 Å². The number of rotatable bonds is 5. The van der Waals surface area contributed by atoms with Gasteiger partial charge >= 0.3 is 5.97 Å². The van der Waals surface area contributed by atoms with Gasteiger partial charge < -0.3 is 14.5 Å². The van der Waals surface area contributed by atoms with Crippen LogP contribution in [0.5, 0.6) is 0 Å². The summed E-state index contributed by atoms with van der Waals surface area (Å²) in [5.41, 5.74) is 3.75. The summed E-state index contributed by atoms with van der Waals surface area (Å²) in [5.74, 6) is -0.526. The van der Waals surface area contributed by atoms with Crippen molar-refractivity contribution in [3.63, 3.8) is 0 Å². The van der Waals surface area contributed by atoms with E-state index in [4.69, 9.17) is 4.74 Å². The predicted octanol–water partition coefficient (Wildman–Crippen LogP) is 1.87. The van der Waals surface area contributed by atoms with E-state index in [0.29, 0.717) is 43.9 Å². The van der Waals surface area contributed by atoms with Crippen LogP contribution < -0.4 is 0 Å². The van der Waals surface area contributed by atoms with E-state index in [0.717, 1.165) is 16.9 Å². The van der Waals surface area contributed by atoms with Crippen LogP contribution in [0.15, 0.2) is 18.2 Å². The van der Waals surface area contributed by atoms with Gasteiger partial charge in [0.2, 0.25) is 5.91 Å². The standard InChI is InChI=1S/C21H26N4O4/c1-4-29-20(27)8-7-19(26)24-9-11-25(12-10-24)21(28)16-5-6-17-18(13-16)23-15(3)14(2)22-17/h5-6,13H,4,7-12H2,1-3H3. The number of fused-ring (bicyclic) bond motifs is 1. The lowest BCUT2D eigenvalue weighted by Crippen LogP contribution is -2.50. The highest BCUT2D eigenvalue weighted by molar-refractivity contribution is 5.97. The summed E-state index contributed by atoms with van der Waals surface area (Å²) in [4.78, 5) is 49.0. The molecular formula is C21H26N4O4. The SMILES string of the molecule is CCOC(=O)CCC(=O)N1CCN(C(=O)c2ccc3nc(C)c(C)nc3c2)CC1. The van der Waals surface area contributed by atoms with Crippen molar-refractivity contribution in [1.29, 1.82) is 0 Å². The Morgan fingerprint density at radius 1 is 0.931 bits per heavy atom. The molecule has 1 fully saturated rings. The molecule has 8 nitrogen and oxygen atoms in total. The minimum absolute atomic E-state index is 0.0782. The zero-order chi connectivity index (χ0) is 21.0. The third-order valence-corrected chi connectivity index (χ3v) is 5.09. The molecule has 8 heteroatoms. The number of aryl methyl sites for hydroxylation is 2. The average molecular weight is 398 g/mol. The number of esters is 1. The van der Waals surface area contributed by atoms with Crippen LogP contribution in [0, 0.1) is 13.8 Å². The van der Waals surface area contributed by atoms with E-state index in [2.05, 4.69) is 9.97 Å². The Balaban J connectivity index is 1.58. The number of benzene rings is 1. The molecule has 0 N–H and O–H groups in total. The van der Waals surface area contributed by atoms with Crippen molar-refractivity contribution in [1.82, 2.24) is 19.8 Å². The normalized spacial score (nSPS) is 14.2. The molecule has 0 bridgehead atoms. The molecule has 0 atom stereocenters. The van der Waals surface area contributed by atoms with Crippen LogP contribution in [0.1, 0.15) is 41.5 Å². The summed E-state index contributed by atoms with van der Waals surface area (Å²) in [6, 6.07) is 5.36. The molecule has 2 heterocycles. The summed E-state index contributed by atoms with van der Waals surface area (Å²) in [7, 11) is 0. The number of ether oxygens (including phenoxy) is 1. The molecule has 3 rings (SSSR count). The molecule has 1 aliphatic heterocycles. The molecule has 154 valence electrons. The summed E-state index contributed by atoms with van der Waals surface area (Å²) in [5, 5.41) is 0. The molecule has 29 heavy (non-hydrogen) atoms. The van der Waals surface area contributed by atoms with E-state index in [1.807, 2.05) is 19.9 Å². The van der Waals surface area contributed by atoms with Gasteiger partial charge in [0, 0.05) is 38.2 Å². The highest BCUT2D eigenvalue weighted by atomic mass is 16.5. The number of aromatic nitrogens is 2. The van der Waals surface area contributed by atoms with Gasteiger partial charge in [0.05, 0.1) is 35.4 Å². The maximum Gasteiger partial charge on any atom is 0.306 e. The molecule has 1 aromatic carbocycles. The second kappa shape index (κ2) is 8.98. The molecule has 0 unspecified atom stereocenters. The highest BCUT2D eigenvalue weighted by Gasteiger charge is 2.25. The summed E-state index contributed by atoms with van der Waals surface area (Å²) < 4.78 is 4.85. The fourth-order valence-electron chi connectivity index (χ4n) is 3.31. The Labute approximate surface area is 169 Å². The molecule has 0 saturated carbocycles. The fourth-order valence-corrected chi connectivity index (χ4v) is 3.31. The largest absolute Gasteiger partial charge is 0.466 e. The van der Waals surface area contributed by atoms with Crippen LogP contribution in [0.4, 0.5) is 0 Å². The third-order valence-electron chi connectivity index (χ3n) is 5.09. The molecule has 0 aliphatic carbocycles. The van der Waals surface area contributed by atoms with Crippen LogP contribution in [0.25, 0.3) is 11.0 Å². The van der Waals surface area contributed by atoms with Crippen LogP contribution >= 0.6 is 0 Å². The van der Waals surface area contributed by atoms with E-state index in [9.17, 15) is 14.4 Å². The smallest absolute Gasteiger partial charge is 0.306 e. The summed E-state index contributed by atoms with van der Waals surface area (Å²) in [6.07, 6.45) is 0.220. The monoisotopic (exact) mass is 398 g/mol. The van der Waals surface area contributed by atoms with Gasteiger partial charge in [-0.05, 0) is 39.0 Å². The Hall–Kier alpha value is -3.03. The molecule has 1 saturated heterocycles. The van der Waals surface area contributed by atoms with E-state index in [-0.39, 0.29) is 30.6 Å². The van der Waals surface area contributed by atoms with Gasteiger partial charge in [-0.1, -0.05) is 0 Å². The summed E-state index contributed by atoms with van der Waals surface area (Å²) in [6.45, 7) is 7.69. The second-order valence-electron chi connectivity index (χ2n) is 7.08. The highest BCUT2D eigenvalue weighted by Crippen LogP contribution is 2.17. The Bertz CT molecular complexity index is 936. The topological polar surface area (TPSA) is 92.7 Å². The van der Waals surface area contributed by atoms with Gasteiger partial charge in [0.1, 0.15) is 0 Å². The second-order valence-corrected chi connectivity index (χ2v) is 7.08. The Kier molecular flexibility index (Phi) is 6.41. The minimum Gasteiger partial charge on any atom is -0.466 e. The van der Waals surface area contributed by atoms with Crippen molar-refractivity contribution in [3.8, 4) is 0 Å². The van der Waals surface area contributed by atoms with Gasteiger partial charge in [-0.3, -0.25) is 14.4 Å². The first-order valence-electron chi connectivity index (χ1n) is 9.86. The summed E-state index contributed by atoms with van der Waals surface area (Å²) >= 11 is 0. The molecule has 1 aromatic heterocycles. The molecule has 1 aliphatic rings. The molecule has 2 amide bonds. The van der Waals surface area contributed by atoms with Gasteiger partial charge in [0.15, 0.2) is 0 Å². The zero-order valence-corrected chi connectivity index (χ0v) is 17.1. The first-order valence-corrected chi connectivity index (χ1v) is 9.86. The lowest BCUT2D eigenvalue weighted by Gasteiger charge is -2.34. The van der Waals surface area contributed by atoms with E-state index < -0.39 is 0 Å². The number of carbonyl (C=O) groups excluding carboxylic acids is 3.